The van der Waals surface area contributed by atoms with Gasteiger partial charge in [-0.3, -0.25) is 4.55 Å². The minimum Gasteiger partial charge on any atom is -0.377 e. The third-order valence-corrected chi connectivity index (χ3v) is 1.73. The molecule has 1 radical (unpaired) electrons. The summed E-state index contributed by atoms with van der Waals surface area (Å²) in [7, 11) is -3.82. The third kappa shape index (κ3) is 13.8. The van der Waals surface area contributed by atoms with Crippen molar-refractivity contribution in [3.05, 3.63) is 12.7 Å². The molecule has 0 aromatic rings. The van der Waals surface area contributed by atoms with Gasteiger partial charge in [-0.1, -0.05) is 6.08 Å². The summed E-state index contributed by atoms with van der Waals surface area (Å²) in [6.07, 6.45) is 1.89. The number of hydrogen-bond donors (Lipinski definition) is 1. The molecule has 12 heavy (non-hydrogen) atoms. The second-order valence-electron chi connectivity index (χ2n) is 2.00. The van der Waals surface area contributed by atoms with Gasteiger partial charge in [0.2, 0.25) is 0 Å². The van der Waals surface area contributed by atoms with Gasteiger partial charge in [-0.15, -0.1) is 6.58 Å². The van der Waals surface area contributed by atoms with Crippen LogP contribution in [-0.2, 0) is 14.9 Å². The van der Waals surface area contributed by atoms with E-state index in [1.807, 2.05) is 0 Å². The average Bonchev–Trinajstić information content (AvgIpc) is 1.85. The Kier molecular flexibility index (Phi) is 11.6. The van der Waals surface area contributed by atoms with Crippen molar-refractivity contribution in [3.8, 4) is 0 Å². The van der Waals surface area contributed by atoms with E-state index in [4.69, 9.17) is 9.29 Å². The normalized spacial score (nSPS) is 10.4. The summed E-state index contributed by atoms with van der Waals surface area (Å²) in [4.78, 5) is 0. The first kappa shape index (κ1) is 15.7. The van der Waals surface area contributed by atoms with E-state index in [-0.39, 0.29) is 57.1 Å². The van der Waals surface area contributed by atoms with E-state index >= 15 is 0 Å². The van der Waals surface area contributed by atoms with Crippen LogP contribution in [0.15, 0.2) is 12.7 Å². The number of rotatable bonds is 6. The quantitative estimate of drug-likeness (QED) is 0.297. The Morgan fingerprint density at radius 3 is 2.50 bits per heavy atom. The Labute approximate surface area is 116 Å². The summed E-state index contributed by atoms with van der Waals surface area (Å²) in [5, 5.41) is 0. The summed E-state index contributed by atoms with van der Waals surface area (Å²) in [6, 6.07) is 0. The Bertz CT molecular complexity index is 200. The predicted octanol–water partition coefficient (Wildman–Crippen LogP) is 0.0861. The van der Waals surface area contributed by atoms with Crippen LogP contribution >= 0.6 is 0 Å². The van der Waals surface area contributed by atoms with E-state index in [2.05, 4.69) is 6.58 Å². The summed E-state index contributed by atoms with van der Waals surface area (Å²) < 4.78 is 33.4. The second kappa shape index (κ2) is 8.83. The van der Waals surface area contributed by atoms with Crippen molar-refractivity contribution in [1.29, 1.82) is 0 Å². The molecule has 0 saturated carbocycles. The fourth-order valence-electron chi connectivity index (χ4n) is 0.510. The van der Waals surface area contributed by atoms with E-state index in [0.717, 1.165) is 0 Å². The van der Waals surface area contributed by atoms with Crippen molar-refractivity contribution in [2.45, 2.75) is 6.42 Å². The molecule has 0 atom stereocenters. The van der Waals surface area contributed by atoms with Crippen LogP contribution in [0.3, 0.4) is 0 Å². The van der Waals surface area contributed by atoms with Gasteiger partial charge in [-0.2, -0.15) is 8.42 Å². The second-order valence-corrected chi connectivity index (χ2v) is 3.58. The molecule has 6 heteroatoms. The summed E-state index contributed by atoms with van der Waals surface area (Å²) in [6.45, 7) is 4.15. The van der Waals surface area contributed by atoms with Gasteiger partial charge in [0.15, 0.2) is 0 Å². The van der Waals surface area contributed by atoms with Crippen LogP contribution in [0.4, 0.5) is 0 Å². The molecule has 0 rings (SSSR count). The van der Waals surface area contributed by atoms with Crippen LogP contribution in [0.5, 0.6) is 0 Å². The van der Waals surface area contributed by atoms with Crippen molar-refractivity contribution in [3.63, 3.8) is 0 Å². The molecule has 0 aliphatic heterocycles. The molecule has 0 aliphatic rings. The van der Waals surface area contributed by atoms with Gasteiger partial charge in [0.25, 0.3) is 10.1 Å². The van der Waals surface area contributed by atoms with Gasteiger partial charge in [0.05, 0.1) is 12.4 Å². The fourth-order valence-corrected chi connectivity index (χ4v) is 0.993. The Morgan fingerprint density at radius 2 is 2.08 bits per heavy atom. The third-order valence-electron chi connectivity index (χ3n) is 0.927. The summed E-state index contributed by atoms with van der Waals surface area (Å²) >= 11 is 0. The van der Waals surface area contributed by atoms with Crippen LogP contribution in [-0.4, -0.2) is 83.3 Å². The maximum atomic E-state index is 10.1. The SMILES string of the molecule is C=CCOCCCS(=O)(=O)O.[K]. The van der Waals surface area contributed by atoms with Gasteiger partial charge >= 0.3 is 0 Å². The summed E-state index contributed by atoms with van der Waals surface area (Å²) in [5.74, 6) is -0.246. The molecule has 0 saturated heterocycles. The molecular formula is C6H12KO4S. The van der Waals surface area contributed by atoms with Crippen LogP contribution in [0.25, 0.3) is 0 Å². The average molecular weight is 219 g/mol. The molecule has 0 fully saturated rings. The molecule has 0 bridgehead atoms. The molecule has 0 amide bonds. The molecule has 0 unspecified atom stereocenters. The van der Waals surface area contributed by atoms with Gasteiger partial charge in [0.1, 0.15) is 0 Å². The van der Waals surface area contributed by atoms with E-state index < -0.39 is 10.1 Å². The Hall–Kier alpha value is 1.25. The van der Waals surface area contributed by atoms with E-state index in [1.165, 1.54) is 0 Å². The maximum absolute atomic E-state index is 10.1. The van der Waals surface area contributed by atoms with E-state index in [9.17, 15) is 8.42 Å². The van der Waals surface area contributed by atoms with Crippen molar-refractivity contribution >= 4 is 61.5 Å². The fraction of sp³-hybridized carbons (Fsp3) is 0.667. The summed E-state index contributed by atoms with van der Waals surface area (Å²) in [5.41, 5.74) is 0. The standard InChI is InChI=1S/C6H12O4S.K/c1-2-4-10-5-3-6-11(7,8)9;/h2H,1,3-6H2,(H,7,8,9);. The van der Waals surface area contributed by atoms with Gasteiger partial charge in [-0.25, -0.2) is 0 Å². The minimum atomic E-state index is -3.82. The number of hydrogen-bond acceptors (Lipinski definition) is 3. The zero-order chi connectivity index (χ0) is 8.74. The molecular weight excluding hydrogens is 207 g/mol. The van der Waals surface area contributed by atoms with Gasteiger partial charge in [-0.05, 0) is 6.42 Å². The first-order valence-corrected chi connectivity index (χ1v) is 4.81. The maximum Gasteiger partial charge on any atom is 0.264 e. The smallest absolute Gasteiger partial charge is 0.264 e. The van der Waals surface area contributed by atoms with Crippen LogP contribution in [0.2, 0.25) is 0 Å². The van der Waals surface area contributed by atoms with Crippen molar-refractivity contribution in [1.82, 2.24) is 0 Å². The molecule has 0 spiro atoms. The van der Waals surface area contributed by atoms with Gasteiger partial charge in [0, 0.05) is 58.0 Å². The Morgan fingerprint density at radius 1 is 1.50 bits per heavy atom. The zero-order valence-corrected chi connectivity index (χ0v) is 11.1. The molecule has 0 aromatic heterocycles. The van der Waals surface area contributed by atoms with Crippen molar-refractivity contribution < 1.29 is 17.7 Å². The molecule has 0 aromatic carbocycles. The van der Waals surface area contributed by atoms with Crippen LogP contribution in [0.1, 0.15) is 6.42 Å². The Balaban J connectivity index is 0. The first-order valence-electron chi connectivity index (χ1n) is 3.20. The largest absolute Gasteiger partial charge is 0.377 e. The van der Waals surface area contributed by atoms with Crippen molar-refractivity contribution in [2.75, 3.05) is 19.0 Å². The molecule has 0 heterocycles. The monoisotopic (exact) mass is 219 g/mol. The van der Waals surface area contributed by atoms with Crippen LogP contribution in [0, 0.1) is 0 Å². The van der Waals surface area contributed by atoms with Gasteiger partial charge < -0.3 is 4.74 Å². The van der Waals surface area contributed by atoms with Crippen molar-refractivity contribution in [2.24, 2.45) is 0 Å². The molecule has 1 N–H and O–H groups in total. The topological polar surface area (TPSA) is 63.6 Å². The number of ether oxygens (including phenoxy) is 1. The zero-order valence-electron chi connectivity index (χ0n) is 7.19. The minimum absolute atomic E-state index is 0. The van der Waals surface area contributed by atoms with Crippen LogP contribution < -0.4 is 0 Å². The molecule has 4 nitrogen and oxygen atoms in total. The first-order chi connectivity index (χ1) is 5.06. The van der Waals surface area contributed by atoms with E-state index in [1.54, 1.807) is 6.08 Å². The van der Waals surface area contributed by atoms with E-state index in [0.29, 0.717) is 19.6 Å². The predicted molar refractivity (Wildman–Crippen MR) is 47.8 cm³/mol. The molecule has 67 valence electrons. The molecule has 0 aliphatic carbocycles.